The van der Waals surface area contributed by atoms with Crippen LogP contribution in [0.15, 0.2) is 54.9 Å². The molecule has 1 heterocycles. The number of rotatable bonds is 13. The van der Waals surface area contributed by atoms with Crippen molar-refractivity contribution in [2.45, 2.75) is 58.0 Å². The molecule has 41 heavy (non-hydrogen) atoms. The highest BCUT2D eigenvalue weighted by Gasteiger charge is 2.30. The molecular formula is C31H30F6N2O2. The Labute approximate surface area is 234 Å². The number of aromatic nitrogens is 2. The number of hydrogen-bond acceptors (Lipinski definition) is 4. The van der Waals surface area contributed by atoms with Crippen molar-refractivity contribution in [2.75, 3.05) is 13.2 Å². The molecule has 0 saturated carbocycles. The molecule has 10 heteroatoms. The van der Waals surface area contributed by atoms with Crippen molar-refractivity contribution < 1.29 is 35.8 Å². The number of aryl methyl sites for hydroxylation is 2. The van der Waals surface area contributed by atoms with Crippen LogP contribution < -0.4 is 9.47 Å². The van der Waals surface area contributed by atoms with E-state index in [0.717, 1.165) is 25.0 Å². The molecule has 0 saturated heterocycles. The molecule has 4 nitrogen and oxygen atoms in total. The number of nitrogens with zero attached hydrogens (tertiary/aromatic N) is 2. The van der Waals surface area contributed by atoms with E-state index in [9.17, 15) is 22.0 Å². The van der Waals surface area contributed by atoms with E-state index in [0.29, 0.717) is 40.1 Å². The Hall–Kier alpha value is -3.82. The van der Waals surface area contributed by atoms with Crippen molar-refractivity contribution in [3.63, 3.8) is 0 Å². The molecule has 1 aromatic heterocycles. The van der Waals surface area contributed by atoms with Crippen molar-refractivity contribution in [1.29, 1.82) is 0 Å². The number of ether oxygens (including phenoxy) is 2. The third kappa shape index (κ3) is 8.34. The first-order valence-electron chi connectivity index (χ1n) is 13.5. The SMILES string of the molecule is CCCCCCCOc1cnc(-c2ccc3c(F)c(CCc4cc(F)c(OCC(F)(F)F)c(F)c4)ccc3c2)nc1. The van der Waals surface area contributed by atoms with E-state index in [4.69, 9.17) is 4.74 Å². The van der Waals surface area contributed by atoms with Crippen molar-refractivity contribution >= 4 is 10.8 Å². The zero-order valence-electron chi connectivity index (χ0n) is 22.5. The predicted octanol–water partition coefficient (Wildman–Crippen LogP) is 8.79. The van der Waals surface area contributed by atoms with Gasteiger partial charge in [0.1, 0.15) is 5.82 Å². The summed E-state index contributed by atoms with van der Waals surface area (Å²) in [5.41, 5.74) is 1.20. The third-order valence-corrected chi connectivity index (χ3v) is 6.56. The Kier molecular flexibility index (Phi) is 10.1. The number of fused-ring (bicyclic) bond motifs is 1. The van der Waals surface area contributed by atoms with Gasteiger partial charge in [-0.25, -0.2) is 23.1 Å². The van der Waals surface area contributed by atoms with Gasteiger partial charge < -0.3 is 9.47 Å². The highest BCUT2D eigenvalue weighted by atomic mass is 19.4. The van der Waals surface area contributed by atoms with E-state index >= 15 is 4.39 Å². The zero-order valence-corrected chi connectivity index (χ0v) is 22.5. The normalized spacial score (nSPS) is 11.7. The van der Waals surface area contributed by atoms with Gasteiger partial charge in [0.05, 0.1) is 19.0 Å². The van der Waals surface area contributed by atoms with Gasteiger partial charge in [-0.05, 0) is 54.0 Å². The van der Waals surface area contributed by atoms with Crippen LogP contribution in [0.4, 0.5) is 26.3 Å². The van der Waals surface area contributed by atoms with E-state index < -0.39 is 36.0 Å². The molecule has 4 rings (SSSR count). The van der Waals surface area contributed by atoms with Crippen LogP contribution in [0.25, 0.3) is 22.2 Å². The van der Waals surface area contributed by atoms with Crippen LogP contribution in [0.1, 0.15) is 50.2 Å². The second-order valence-electron chi connectivity index (χ2n) is 9.77. The Bertz CT molecular complexity index is 1430. The van der Waals surface area contributed by atoms with E-state index in [1.54, 1.807) is 42.7 Å². The number of benzene rings is 3. The minimum atomic E-state index is -4.73. The van der Waals surface area contributed by atoms with Gasteiger partial charge in [-0.3, -0.25) is 0 Å². The van der Waals surface area contributed by atoms with Gasteiger partial charge in [-0.2, -0.15) is 13.2 Å². The summed E-state index contributed by atoms with van der Waals surface area (Å²) in [7, 11) is 0. The molecule has 0 aliphatic heterocycles. The highest BCUT2D eigenvalue weighted by Crippen LogP contribution is 2.29. The van der Waals surface area contributed by atoms with Crippen LogP contribution in [0, 0.1) is 17.5 Å². The second kappa shape index (κ2) is 13.7. The molecule has 218 valence electrons. The summed E-state index contributed by atoms with van der Waals surface area (Å²) in [5.74, 6) is -3.01. The fourth-order valence-corrected chi connectivity index (χ4v) is 4.43. The highest BCUT2D eigenvalue weighted by molar-refractivity contribution is 5.87. The lowest BCUT2D eigenvalue weighted by atomic mass is 9.98. The fraction of sp³-hybridized carbons (Fsp3) is 0.355. The van der Waals surface area contributed by atoms with Crippen LogP contribution in [0.5, 0.6) is 11.5 Å². The second-order valence-corrected chi connectivity index (χ2v) is 9.77. The maximum Gasteiger partial charge on any atom is 0.422 e. The Morgan fingerprint density at radius 3 is 2.17 bits per heavy atom. The average Bonchev–Trinajstić information content (AvgIpc) is 2.93. The first kappa shape index (κ1) is 30.1. The fourth-order valence-electron chi connectivity index (χ4n) is 4.43. The van der Waals surface area contributed by atoms with Crippen molar-refractivity contribution in [3.8, 4) is 22.9 Å². The van der Waals surface area contributed by atoms with Gasteiger partial charge in [0.2, 0.25) is 0 Å². The average molecular weight is 577 g/mol. The van der Waals surface area contributed by atoms with E-state index in [1.807, 2.05) is 0 Å². The van der Waals surface area contributed by atoms with Gasteiger partial charge in [0, 0.05) is 10.9 Å². The molecule has 0 N–H and O–H groups in total. The largest absolute Gasteiger partial charge is 0.490 e. The standard InChI is InChI=1S/C31H30F6N2O2/c1-2-3-4-5-6-13-40-24-17-38-30(39-18-24)23-11-12-25-22(16-23)10-9-21(28(25)34)8-7-20-14-26(32)29(27(33)15-20)41-19-31(35,36)37/h9-12,14-18H,2-8,13,19H2,1H3. The molecule has 0 spiro atoms. The maximum atomic E-state index is 15.3. The topological polar surface area (TPSA) is 44.2 Å². The maximum absolute atomic E-state index is 15.3. The minimum Gasteiger partial charge on any atom is -0.490 e. The molecular weight excluding hydrogens is 546 g/mol. The summed E-state index contributed by atoms with van der Waals surface area (Å²) < 4.78 is 90.6. The summed E-state index contributed by atoms with van der Waals surface area (Å²) in [4.78, 5) is 8.75. The number of unbranched alkanes of at least 4 members (excludes halogenated alkanes) is 4. The Morgan fingerprint density at radius 2 is 1.49 bits per heavy atom. The first-order chi connectivity index (χ1) is 19.6. The lowest BCUT2D eigenvalue weighted by Crippen LogP contribution is -2.20. The number of hydrogen-bond donors (Lipinski definition) is 0. The summed E-state index contributed by atoms with van der Waals surface area (Å²) in [5, 5.41) is 0.991. The monoisotopic (exact) mass is 576 g/mol. The summed E-state index contributed by atoms with van der Waals surface area (Å²) in [6, 6.07) is 10.2. The molecule has 0 amide bonds. The van der Waals surface area contributed by atoms with Crippen LogP contribution in [0.2, 0.25) is 0 Å². The first-order valence-corrected chi connectivity index (χ1v) is 13.5. The molecule has 0 atom stereocenters. The Morgan fingerprint density at radius 1 is 0.780 bits per heavy atom. The zero-order chi connectivity index (χ0) is 29.4. The third-order valence-electron chi connectivity index (χ3n) is 6.56. The van der Waals surface area contributed by atoms with E-state index in [2.05, 4.69) is 21.6 Å². The minimum absolute atomic E-state index is 0.0644. The smallest absolute Gasteiger partial charge is 0.422 e. The van der Waals surface area contributed by atoms with Crippen molar-refractivity contribution in [1.82, 2.24) is 9.97 Å². The molecule has 0 radical (unpaired) electrons. The summed E-state index contributed by atoms with van der Waals surface area (Å²) in [6.07, 6.45) is 4.38. The van der Waals surface area contributed by atoms with Crippen LogP contribution in [0.3, 0.4) is 0 Å². The van der Waals surface area contributed by atoms with Gasteiger partial charge in [-0.1, -0.05) is 56.9 Å². The molecule has 0 bridgehead atoms. The van der Waals surface area contributed by atoms with Gasteiger partial charge in [0.15, 0.2) is 35.6 Å². The molecule has 0 aliphatic rings. The lowest BCUT2D eigenvalue weighted by molar-refractivity contribution is -0.154. The molecule has 4 aromatic rings. The molecule has 3 aromatic carbocycles. The van der Waals surface area contributed by atoms with Crippen LogP contribution in [-0.4, -0.2) is 29.4 Å². The lowest BCUT2D eigenvalue weighted by Gasteiger charge is -2.12. The number of alkyl halides is 3. The number of halogens is 6. The summed E-state index contributed by atoms with van der Waals surface area (Å²) >= 11 is 0. The predicted molar refractivity (Wildman–Crippen MR) is 145 cm³/mol. The van der Waals surface area contributed by atoms with Gasteiger partial charge in [0.25, 0.3) is 0 Å². The quantitative estimate of drug-likeness (QED) is 0.118. The Balaban J connectivity index is 1.39. The van der Waals surface area contributed by atoms with Crippen molar-refractivity contribution in [3.05, 3.63) is 83.4 Å². The van der Waals surface area contributed by atoms with Crippen LogP contribution in [-0.2, 0) is 12.8 Å². The molecule has 0 unspecified atom stereocenters. The van der Waals surface area contributed by atoms with Gasteiger partial charge >= 0.3 is 6.18 Å². The summed E-state index contributed by atoms with van der Waals surface area (Å²) in [6.45, 7) is 0.968. The van der Waals surface area contributed by atoms with E-state index in [1.165, 1.54) is 19.3 Å². The molecule has 0 fully saturated rings. The van der Waals surface area contributed by atoms with Crippen molar-refractivity contribution in [2.24, 2.45) is 0 Å². The van der Waals surface area contributed by atoms with Crippen LogP contribution >= 0.6 is 0 Å². The van der Waals surface area contributed by atoms with Gasteiger partial charge in [-0.15, -0.1) is 0 Å². The van der Waals surface area contributed by atoms with E-state index in [-0.39, 0.29) is 18.4 Å². The molecule has 0 aliphatic carbocycles.